The monoisotopic (exact) mass is 242 g/mol. The molecule has 1 N–H and O–H groups in total. The van der Waals surface area contributed by atoms with Gasteiger partial charge >= 0.3 is 5.97 Å². The molecule has 0 aliphatic rings. The summed E-state index contributed by atoms with van der Waals surface area (Å²) in [5, 5.41) is 8.67. The zero-order valence-corrected chi connectivity index (χ0v) is 10.0. The summed E-state index contributed by atoms with van der Waals surface area (Å²) in [5.74, 6) is -0.667. The number of rotatable bonds is 6. The molecule has 1 aromatic carbocycles. The van der Waals surface area contributed by atoms with Crippen molar-refractivity contribution >= 4 is 17.7 Å². The summed E-state index contributed by atoms with van der Waals surface area (Å²) in [7, 11) is 0. The van der Waals surface area contributed by atoms with Crippen LogP contribution in [-0.2, 0) is 0 Å². The molecular formula is C12H15FO2S. The van der Waals surface area contributed by atoms with E-state index in [0.717, 1.165) is 31.1 Å². The fourth-order valence-corrected chi connectivity index (χ4v) is 2.21. The lowest BCUT2D eigenvalue weighted by molar-refractivity contribution is 0.0696. The van der Waals surface area contributed by atoms with Crippen molar-refractivity contribution in [2.75, 3.05) is 5.75 Å². The summed E-state index contributed by atoms with van der Waals surface area (Å²) in [5.41, 5.74) is -0.00425. The molecule has 0 aliphatic heterocycles. The van der Waals surface area contributed by atoms with Gasteiger partial charge in [-0.2, -0.15) is 0 Å². The maximum atomic E-state index is 13.4. The second-order valence-corrected chi connectivity index (χ2v) is 4.64. The molecule has 1 aromatic rings. The van der Waals surface area contributed by atoms with Gasteiger partial charge in [-0.1, -0.05) is 19.8 Å². The van der Waals surface area contributed by atoms with Crippen LogP contribution in [0.5, 0.6) is 0 Å². The number of hydrogen-bond donors (Lipinski definition) is 1. The van der Waals surface area contributed by atoms with Gasteiger partial charge in [-0.15, -0.1) is 11.8 Å². The molecule has 0 bridgehead atoms. The van der Waals surface area contributed by atoms with Gasteiger partial charge in [-0.25, -0.2) is 9.18 Å². The van der Waals surface area contributed by atoms with Gasteiger partial charge in [0.05, 0.1) is 5.56 Å². The molecule has 0 radical (unpaired) electrons. The summed E-state index contributed by atoms with van der Waals surface area (Å²) in [4.78, 5) is 11.1. The lowest BCUT2D eigenvalue weighted by Gasteiger charge is -2.03. The molecule has 1 rings (SSSR count). The molecule has 0 amide bonds. The quantitative estimate of drug-likeness (QED) is 0.609. The minimum absolute atomic E-state index is 0.00425. The summed E-state index contributed by atoms with van der Waals surface area (Å²) < 4.78 is 13.4. The van der Waals surface area contributed by atoms with Crippen molar-refractivity contribution in [2.24, 2.45) is 0 Å². The Bertz CT molecular complexity index is 366. The molecule has 0 spiro atoms. The van der Waals surface area contributed by atoms with Crippen molar-refractivity contribution in [3.8, 4) is 0 Å². The molecule has 0 heterocycles. The van der Waals surface area contributed by atoms with E-state index in [9.17, 15) is 9.18 Å². The predicted octanol–water partition coefficient (Wildman–Crippen LogP) is 3.81. The van der Waals surface area contributed by atoms with E-state index in [2.05, 4.69) is 6.92 Å². The molecule has 0 aromatic heterocycles. The van der Waals surface area contributed by atoms with E-state index < -0.39 is 11.8 Å². The molecule has 2 nitrogen and oxygen atoms in total. The van der Waals surface area contributed by atoms with Crippen LogP contribution in [0, 0.1) is 5.82 Å². The summed E-state index contributed by atoms with van der Waals surface area (Å²) in [6, 6.07) is 4.05. The molecule has 0 saturated heterocycles. The topological polar surface area (TPSA) is 37.3 Å². The summed E-state index contributed by atoms with van der Waals surface area (Å²) in [6.45, 7) is 2.12. The third kappa shape index (κ3) is 3.85. The molecule has 16 heavy (non-hydrogen) atoms. The number of halogens is 1. The standard InChI is InChI=1S/C12H15FO2S/c1-2-3-4-7-16-11-6-5-9(12(14)15)8-10(11)13/h5-6,8H,2-4,7H2,1H3,(H,14,15). The Morgan fingerprint density at radius 3 is 2.75 bits per heavy atom. The van der Waals surface area contributed by atoms with Gasteiger partial charge in [-0.3, -0.25) is 0 Å². The lowest BCUT2D eigenvalue weighted by atomic mass is 10.2. The molecule has 0 atom stereocenters. The predicted molar refractivity (Wildman–Crippen MR) is 63.6 cm³/mol. The molecule has 4 heteroatoms. The molecule has 0 aliphatic carbocycles. The van der Waals surface area contributed by atoms with Crippen LogP contribution in [0.2, 0.25) is 0 Å². The number of hydrogen-bond acceptors (Lipinski definition) is 2. The first-order valence-corrected chi connectivity index (χ1v) is 6.29. The van der Waals surface area contributed by atoms with E-state index in [1.165, 1.54) is 23.9 Å². The Hall–Kier alpha value is -1.03. The molecule has 0 fully saturated rings. The van der Waals surface area contributed by atoms with Crippen LogP contribution in [0.1, 0.15) is 36.5 Å². The van der Waals surface area contributed by atoms with Crippen LogP contribution in [0.15, 0.2) is 23.1 Å². The largest absolute Gasteiger partial charge is 0.478 e. The van der Waals surface area contributed by atoms with Crippen molar-refractivity contribution in [1.82, 2.24) is 0 Å². The fraction of sp³-hybridized carbons (Fsp3) is 0.417. The van der Waals surface area contributed by atoms with E-state index >= 15 is 0 Å². The Morgan fingerprint density at radius 1 is 1.44 bits per heavy atom. The number of carbonyl (C=O) groups is 1. The van der Waals surface area contributed by atoms with E-state index in [1.54, 1.807) is 0 Å². The normalized spacial score (nSPS) is 10.4. The van der Waals surface area contributed by atoms with Gasteiger partial charge in [0.15, 0.2) is 0 Å². The van der Waals surface area contributed by atoms with Gasteiger partial charge in [0.25, 0.3) is 0 Å². The highest BCUT2D eigenvalue weighted by Crippen LogP contribution is 2.23. The number of unbranched alkanes of at least 4 members (excludes halogenated alkanes) is 2. The van der Waals surface area contributed by atoms with Gasteiger partial charge in [0.2, 0.25) is 0 Å². The average molecular weight is 242 g/mol. The average Bonchev–Trinajstić information content (AvgIpc) is 2.26. The molecular weight excluding hydrogens is 227 g/mol. The smallest absolute Gasteiger partial charge is 0.335 e. The van der Waals surface area contributed by atoms with E-state index in [4.69, 9.17) is 5.11 Å². The van der Waals surface area contributed by atoms with Crippen molar-refractivity contribution in [3.05, 3.63) is 29.6 Å². The highest BCUT2D eigenvalue weighted by Gasteiger charge is 2.08. The van der Waals surface area contributed by atoms with Gasteiger partial charge in [-0.05, 0) is 30.4 Å². The summed E-state index contributed by atoms with van der Waals surface area (Å²) in [6.07, 6.45) is 3.34. The molecule has 88 valence electrons. The first-order valence-electron chi connectivity index (χ1n) is 5.30. The Morgan fingerprint density at radius 2 is 2.19 bits per heavy atom. The second kappa shape index (κ2) is 6.53. The number of benzene rings is 1. The minimum Gasteiger partial charge on any atom is -0.478 e. The highest BCUT2D eigenvalue weighted by atomic mass is 32.2. The van der Waals surface area contributed by atoms with Crippen molar-refractivity contribution in [2.45, 2.75) is 31.1 Å². The van der Waals surface area contributed by atoms with Gasteiger partial charge < -0.3 is 5.11 Å². The highest BCUT2D eigenvalue weighted by molar-refractivity contribution is 7.99. The van der Waals surface area contributed by atoms with E-state index in [0.29, 0.717) is 4.90 Å². The molecule has 0 saturated carbocycles. The number of carboxylic acid groups (broad SMARTS) is 1. The van der Waals surface area contributed by atoms with Crippen LogP contribution in [0.3, 0.4) is 0 Å². The van der Waals surface area contributed by atoms with Crippen LogP contribution in [0.25, 0.3) is 0 Å². The fourth-order valence-electron chi connectivity index (χ4n) is 1.29. The minimum atomic E-state index is -1.10. The van der Waals surface area contributed by atoms with Crippen molar-refractivity contribution < 1.29 is 14.3 Å². The number of aromatic carboxylic acids is 1. The first kappa shape index (κ1) is 13.0. The van der Waals surface area contributed by atoms with Crippen molar-refractivity contribution in [3.63, 3.8) is 0 Å². The first-order chi connectivity index (χ1) is 7.65. The zero-order valence-electron chi connectivity index (χ0n) is 9.20. The SMILES string of the molecule is CCCCCSc1ccc(C(=O)O)cc1F. The van der Waals surface area contributed by atoms with E-state index in [-0.39, 0.29) is 5.56 Å². The van der Waals surface area contributed by atoms with Gasteiger partial charge in [0.1, 0.15) is 5.82 Å². The van der Waals surface area contributed by atoms with Crippen LogP contribution in [-0.4, -0.2) is 16.8 Å². The lowest BCUT2D eigenvalue weighted by Crippen LogP contribution is -1.97. The Balaban J connectivity index is 2.57. The van der Waals surface area contributed by atoms with Crippen molar-refractivity contribution in [1.29, 1.82) is 0 Å². The maximum Gasteiger partial charge on any atom is 0.335 e. The Labute approximate surface area is 98.9 Å². The number of thioether (sulfide) groups is 1. The van der Waals surface area contributed by atoms with Crippen LogP contribution >= 0.6 is 11.8 Å². The molecule has 0 unspecified atom stereocenters. The van der Waals surface area contributed by atoms with Gasteiger partial charge in [0, 0.05) is 4.90 Å². The van der Waals surface area contributed by atoms with E-state index in [1.807, 2.05) is 0 Å². The third-order valence-corrected chi connectivity index (χ3v) is 3.32. The Kier molecular flexibility index (Phi) is 5.32. The summed E-state index contributed by atoms with van der Waals surface area (Å²) >= 11 is 1.44. The second-order valence-electron chi connectivity index (χ2n) is 3.51. The number of carboxylic acids is 1. The van der Waals surface area contributed by atoms with Crippen LogP contribution < -0.4 is 0 Å². The zero-order chi connectivity index (χ0) is 12.0. The maximum absolute atomic E-state index is 13.4. The third-order valence-electron chi connectivity index (χ3n) is 2.18. The van der Waals surface area contributed by atoms with Crippen LogP contribution in [0.4, 0.5) is 4.39 Å².